The first kappa shape index (κ1) is 19.7. The predicted octanol–water partition coefficient (Wildman–Crippen LogP) is 1.61. The fourth-order valence-electron chi connectivity index (χ4n) is 2.84. The molecule has 0 aliphatic rings. The Balaban J connectivity index is 1.64. The molecule has 3 aromatic heterocycles. The third-order valence-corrected chi connectivity index (χ3v) is 5.71. The van der Waals surface area contributed by atoms with Gasteiger partial charge in [-0.2, -0.15) is 5.10 Å². The molecule has 1 N–H and O–H groups in total. The zero-order chi connectivity index (χ0) is 20.6. The van der Waals surface area contributed by atoms with Gasteiger partial charge in [-0.15, -0.1) is 11.3 Å². The summed E-state index contributed by atoms with van der Waals surface area (Å²) in [5.41, 5.74) is 2.63. The summed E-state index contributed by atoms with van der Waals surface area (Å²) < 4.78 is 7.85. The van der Waals surface area contributed by atoms with Gasteiger partial charge < -0.3 is 10.1 Å². The SMILES string of the molecule is Cc1nn(C)c(C)c1NC(=O)COC(=O)Cn1cnc2sc(C)c(C)c2c1=O. The second-order valence-electron chi connectivity index (χ2n) is 6.52. The average Bonchev–Trinajstić information content (AvgIpc) is 3.06. The van der Waals surface area contributed by atoms with Crippen molar-refractivity contribution in [1.82, 2.24) is 19.3 Å². The van der Waals surface area contributed by atoms with Crippen LogP contribution in [0, 0.1) is 27.7 Å². The van der Waals surface area contributed by atoms with E-state index in [0.29, 0.717) is 21.6 Å². The predicted molar refractivity (Wildman–Crippen MR) is 106 cm³/mol. The molecule has 0 aliphatic carbocycles. The molecule has 0 saturated carbocycles. The highest BCUT2D eigenvalue weighted by Crippen LogP contribution is 2.25. The van der Waals surface area contributed by atoms with Crippen molar-refractivity contribution in [3.05, 3.63) is 38.5 Å². The van der Waals surface area contributed by atoms with Gasteiger partial charge in [0.05, 0.1) is 28.8 Å². The van der Waals surface area contributed by atoms with Crippen molar-refractivity contribution in [3.8, 4) is 0 Å². The molecule has 0 spiro atoms. The van der Waals surface area contributed by atoms with E-state index >= 15 is 0 Å². The Hall–Kier alpha value is -3.01. The summed E-state index contributed by atoms with van der Waals surface area (Å²) in [5, 5.41) is 7.41. The van der Waals surface area contributed by atoms with Crippen molar-refractivity contribution in [2.45, 2.75) is 34.2 Å². The first-order valence-electron chi connectivity index (χ1n) is 8.59. The third-order valence-electron chi connectivity index (χ3n) is 4.59. The number of carbonyl (C=O) groups excluding carboxylic acids is 2. The van der Waals surface area contributed by atoms with Gasteiger partial charge >= 0.3 is 5.97 Å². The number of ether oxygens (including phenoxy) is 1. The van der Waals surface area contributed by atoms with Crippen LogP contribution >= 0.6 is 11.3 Å². The van der Waals surface area contributed by atoms with Gasteiger partial charge in [-0.25, -0.2) is 4.98 Å². The molecule has 0 bridgehead atoms. The average molecular weight is 403 g/mol. The number of rotatable bonds is 5. The minimum atomic E-state index is -0.692. The van der Waals surface area contributed by atoms with E-state index in [-0.39, 0.29) is 12.1 Å². The number of anilines is 1. The van der Waals surface area contributed by atoms with Crippen molar-refractivity contribution in [1.29, 1.82) is 0 Å². The summed E-state index contributed by atoms with van der Waals surface area (Å²) in [5.74, 6) is -1.17. The molecule has 0 saturated heterocycles. The number of amides is 1. The highest BCUT2D eigenvalue weighted by Gasteiger charge is 2.16. The van der Waals surface area contributed by atoms with Gasteiger partial charge in [-0.1, -0.05) is 0 Å². The first-order chi connectivity index (χ1) is 13.2. The monoisotopic (exact) mass is 403 g/mol. The van der Waals surface area contributed by atoms with Gasteiger partial charge in [0.15, 0.2) is 6.61 Å². The summed E-state index contributed by atoms with van der Waals surface area (Å²) in [6.07, 6.45) is 1.32. The van der Waals surface area contributed by atoms with Crippen molar-refractivity contribution >= 4 is 39.1 Å². The fourth-order valence-corrected chi connectivity index (χ4v) is 3.83. The van der Waals surface area contributed by atoms with Crippen LogP contribution in [0.15, 0.2) is 11.1 Å². The molecule has 3 heterocycles. The summed E-state index contributed by atoms with van der Waals surface area (Å²) in [6.45, 7) is 6.61. The zero-order valence-corrected chi connectivity index (χ0v) is 17.1. The Morgan fingerprint density at radius 3 is 2.61 bits per heavy atom. The third kappa shape index (κ3) is 3.68. The van der Waals surface area contributed by atoms with Crippen molar-refractivity contribution in [3.63, 3.8) is 0 Å². The molecule has 10 heteroatoms. The Labute approximate surface area is 164 Å². The number of nitrogens with zero attached hydrogens (tertiary/aromatic N) is 4. The van der Waals surface area contributed by atoms with Crippen LogP contribution in [0.5, 0.6) is 0 Å². The maximum atomic E-state index is 12.6. The van der Waals surface area contributed by atoms with Crippen LogP contribution in [0.1, 0.15) is 21.8 Å². The molecule has 0 aromatic carbocycles. The summed E-state index contributed by atoms with van der Waals surface area (Å²) in [6, 6.07) is 0. The van der Waals surface area contributed by atoms with Crippen LogP contribution in [0.3, 0.4) is 0 Å². The molecule has 3 rings (SSSR count). The van der Waals surface area contributed by atoms with Gasteiger partial charge in [0.25, 0.3) is 11.5 Å². The molecule has 1 amide bonds. The maximum absolute atomic E-state index is 12.6. The second kappa shape index (κ2) is 7.55. The van der Waals surface area contributed by atoms with E-state index in [1.54, 1.807) is 18.7 Å². The summed E-state index contributed by atoms with van der Waals surface area (Å²) in [7, 11) is 1.78. The molecule has 3 aromatic rings. The lowest BCUT2D eigenvalue weighted by molar-refractivity contribution is -0.147. The van der Waals surface area contributed by atoms with Gasteiger partial charge in [-0.05, 0) is 33.3 Å². The lowest BCUT2D eigenvalue weighted by atomic mass is 10.2. The van der Waals surface area contributed by atoms with E-state index in [1.165, 1.54) is 22.2 Å². The number of aromatic nitrogens is 4. The molecule has 0 radical (unpaired) electrons. The smallest absolute Gasteiger partial charge is 0.326 e. The summed E-state index contributed by atoms with van der Waals surface area (Å²) in [4.78, 5) is 42.6. The quantitative estimate of drug-likeness (QED) is 0.649. The van der Waals surface area contributed by atoms with Gasteiger partial charge in [0.2, 0.25) is 0 Å². The van der Waals surface area contributed by atoms with Crippen LogP contribution in [0.4, 0.5) is 5.69 Å². The number of esters is 1. The molecule has 28 heavy (non-hydrogen) atoms. The van der Waals surface area contributed by atoms with E-state index < -0.39 is 18.5 Å². The highest BCUT2D eigenvalue weighted by atomic mass is 32.1. The number of carbonyl (C=O) groups is 2. The number of fused-ring (bicyclic) bond motifs is 1. The van der Waals surface area contributed by atoms with Crippen LogP contribution in [-0.2, 0) is 27.9 Å². The minimum Gasteiger partial charge on any atom is -0.454 e. The Morgan fingerprint density at radius 1 is 1.25 bits per heavy atom. The molecular formula is C18H21N5O4S. The first-order valence-corrected chi connectivity index (χ1v) is 9.41. The number of nitrogens with one attached hydrogen (secondary N) is 1. The van der Waals surface area contributed by atoms with Gasteiger partial charge in [0.1, 0.15) is 11.4 Å². The van der Waals surface area contributed by atoms with E-state index in [2.05, 4.69) is 15.4 Å². The zero-order valence-electron chi connectivity index (χ0n) is 16.3. The Kier molecular flexibility index (Phi) is 5.32. The molecule has 0 unspecified atom stereocenters. The number of aryl methyl sites for hydroxylation is 4. The largest absolute Gasteiger partial charge is 0.454 e. The van der Waals surface area contributed by atoms with Crippen LogP contribution in [0.2, 0.25) is 0 Å². The van der Waals surface area contributed by atoms with Crippen molar-refractivity contribution in [2.24, 2.45) is 7.05 Å². The maximum Gasteiger partial charge on any atom is 0.326 e. The van der Waals surface area contributed by atoms with E-state index in [1.807, 2.05) is 20.8 Å². The minimum absolute atomic E-state index is 0.296. The second-order valence-corrected chi connectivity index (χ2v) is 7.72. The normalized spacial score (nSPS) is 11.0. The lowest BCUT2D eigenvalue weighted by Crippen LogP contribution is -2.28. The van der Waals surface area contributed by atoms with Crippen molar-refractivity contribution < 1.29 is 14.3 Å². The van der Waals surface area contributed by atoms with Crippen LogP contribution in [0.25, 0.3) is 10.2 Å². The molecule has 0 atom stereocenters. The van der Waals surface area contributed by atoms with E-state index in [0.717, 1.165) is 16.1 Å². The number of thiophene rings is 1. The van der Waals surface area contributed by atoms with Crippen LogP contribution in [-0.4, -0.2) is 37.8 Å². The van der Waals surface area contributed by atoms with E-state index in [4.69, 9.17) is 4.74 Å². The van der Waals surface area contributed by atoms with E-state index in [9.17, 15) is 14.4 Å². The topological polar surface area (TPSA) is 108 Å². The Bertz CT molecular complexity index is 1140. The van der Waals surface area contributed by atoms with Crippen LogP contribution < -0.4 is 10.9 Å². The highest BCUT2D eigenvalue weighted by molar-refractivity contribution is 7.18. The molecule has 0 aliphatic heterocycles. The molecule has 148 valence electrons. The Morgan fingerprint density at radius 2 is 1.96 bits per heavy atom. The fraction of sp³-hybridized carbons (Fsp3) is 0.389. The number of hydrogen-bond donors (Lipinski definition) is 1. The van der Waals surface area contributed by atoms with Crippen molar-refractivity contribution in [2.75, 3.05) is 11.9 Å². The number of hydrogen-bond acceptors (Lipinski definition) is 7. The molecule has 9 nitrogen and oxygen atoms in total. The summed E-state index contributed by atoms with van der Waals surface area (Å²) >= 11 is 1.44. The lowest BCUT2D eigenvalue weighted by Gasteiger charge is -2.08. The van der Waals surface area contributed by atoms with Gasteiger partial charge in [0, 0.05) is 11.9 Å². The molecule has 0 fully saturated rings. The van der Waals surface area contributed by atoms with Gasteiger partial charge in [-0.3, -0.25) is 23.6 Å². The molecular weight excluding hydrogens is 382 g/mol. The standard InChI is InChI=1S/C18H21N5O4S/c1-9-12(4)28-17-15(9)18(26)23(8-19-17)6-14(25)27-7-13(24)20-16-10(2)21-22(5)11(16)3/h8H,6-7H2,1-5H3,(H,20,24).